The largest absolute Gasteiger partial charge is 0.506 e. The van der Waals surface area contributed by atoms with Crippen molar-refractivity contribution in [1.82, 2.24) is 4.90 Å². The normalized spacial score (nSPS) is 12.9. The number of nitrogens with zero attached hydrogens (tertiary/aromatic N) is 8. The van der Waals surface area contributed by atoms with Crippen molar-refractivity contribution in [2.45, 2.75) is 56.4 Å². The molecule has 0 fully saturated rings. The number of nitrogen functional groups attached to an aromatic ring is 4. The monoisotopic (exact) mass is 1460 g/mol. The van der Waals surface area contributed by atoms with Crippen LogP contribution in [0.25, 0.3) is 0 Å². The molecule has 0 spiro atoms. The number of benzene rings is 6. The van der Waals surface area contributed by atoms with Gasteiger partial charge in [-0.2, -0.15) is 0 Å². The molecule has 31 nitrogen and oxygen atoms in total. The minimum absolute atomic E-state index is 0. The van der Waals surface area contributed by atoms with E-state index in [-0.39, 0.29) is 119 Å². The first-order valence-corrected chi connectivity index (χ1v) is 29.8. The fourth-order valence-corrected chi connectivity index (χ4v) is 8.49. The van der Waals surface area contributed by atoms with Gasteiger partial charge in [0.05, 0.1) is 54.8 Å². The van der Waals surface area contributed by atoms with Crippen molar-refractivity contribution in [3.05, 3.63) is 137 Å². The number of hydrogen-bond donors (Lipinski definition) is 6. The van der Waals surface area contributed by atoms with Gasteiger partial charge in [0.1, 0.15) is 34.5 Å². The van der Waals surface area contributed by atoms with E-state index in [9.17, 15) is 59.1 Å². The minimum atomic E-state index is -0.574. The maximum Gasteiger partial charge on any atom is 0.271 e. The fraction of sp³-hybridized carbons (Fsp3) is 0.333. The summed E-state index contributed by atoms with van der Waals surface area (Å²) in [7, 11) is 6.71. The van der Waals surface area contributed by atoms with Crippen LogP contribution in [-0.4, -0.2) is 146 Å². The van der Waals surface area contributed by atoms with E-state index in [1.165, 1.54) is 73.1 Å². The lowest BCUT2D eigenvalue weighted by Crippen LogP contribution is -2.35. The molecule has 0 bridgehead atoms. The topological polar surface area (TPSA) is 431 Å². The molecule has 5 aliphatic heterocycles. The van der Waals surface area contributed by atoms with Crippen LogP contribution in [-0.2, 0) is 35.2 Å². The molecule has 10 N–H and O–H groups in total. The number of nitrogens with one attached hydrogen (secondary N) is 1. The van der Waals surface area contributed by atoms with Gasteiger partial charge in [-0.25, -0.2) is 0 Å². The van der Waals surface area contributed by atoms with E-state index in [0.29, 0.717) is 57.1 Å². The van der Waals surface area contributed by atoms with E-state index in [1.807, 2.05) is 13.0 Å². The number of aryl methyl sites for hydroxylation is 1. The second-order valence-corrected chi connectivity index (χ2v) is 21.2. The van der Waals surface area contributed by atoms with Crippen LogP contribution in [0.2, 0.25) is 0 Å². The number of alkyl halides is 1. The van der Waals surface area contributed by atoms with Crippen LogP contribution in [0.5, 0.6) is 34.5 Å². The molecular weight excluding hydrogens is 1380 g/mol. The van der Waals surface area contributed by atoms with Crippen molar-refractivity contribution in [3.63, 3.8) is 0 Å². The number of carbonyl (C=O) groups excluding carboxylic acids is 6. The average molecular weight is 1460 g/mol. The highest BCUT2D eigenvalue weighted by Crippen LogP contribution is 2.39. The summed E-state index contributed by atoms with van der Waals surface area (Å²) in [6, 6.07) is 24.2. The summed E-state index contributed by atoms with van der Waals surface area (Å²) in [5, 5.41) is 41.9. The quantitative estimate of drug-likeness (QED) is 0.0206. The molecule has 6 aromatic carbocycles. The average Bonchev–Trinajstić information content (AvgIpc) is 0.826. The smallest absolute Gasteiger partial charge is 0.271 e. The molecule has 528 valence electrons. The Morgan fingerprint density at radius 3 is 1.33 bits per heavy atom. The number of nitro benzene ring substituents is 3. The van der Waals surface area contributed by atoms with Gasteiger partial charge in [-0.3, -0.25) is 59.1 Å². The number of carbonyl (C=O) groups is 6. The summed E-state index contributed by atoms with van der Waals surface area (Å²) in [4.78, 5) is 103. The number of ether oxygens (including phenoxy) is 5. The van der Waals surface area contributed by atoms with Crippen molar-refractivity contribution >= 4 is 142 Å². The lowest BCUT2D eigenvalue weighted by atomic mass is 10.1. The van der Waals surface area contributed by atoms with Crippen LogP contribution in [0.3, 0.4) is 0 Å². The van der Waals surface area contributed by atoms with E-state index < -0.39 is 20.0 Å². The van der Waals surface area contributed by atoms with Crippen LogP contribution >= 0.6 is 39.1 Å². The molecule has 0 saturated heterocycles. The molecule has 5 heterocycles. The van der Waals surface area contributed by atoms with Crippen molar-refractivity contribution in [1.29, 1.82) is 0 Å². The number of likely N-dealkylation sites (N-methyl/N-ethyl adjacent to an activating group) is 4. The summed E-state index contributed by atoms with van der Waals surface area (Å²) in [6.45, 7) is 12.4. The summed E-state index contributed by atoms with van der Waals surface area (Å²) in [5.41, 5.74) is 28.1. The first-order valence-electron chi connectivity index (χ1n) is 28.1. The molecule has 97 heavy (non-hydrogen) atoms. The third-order valence-corrected chi connectivity index (χ3v) is 14.8. The van der Waals surface area contributed by atoms with Crippen molar-refractivity contribution in [2.75, 3.05) is 135 Å². The number of halogens is 3. The van der Waals surface area contributed by atoms with Gasteiger partial charge in [0, 0.05) is 86.1 Å². The first-order chi connectivity index (χ1) is 44.4. The number of rotatable bonds is 8. The number of amides is 5. The summed E-state index contributed by atoms with van der Waals surface area (Å²) >= 11 is 12.8. The SMILES string of the molecule is C.C.C.CCN(CC)CC.CCc1cc2c(cc1N)N(C)C(=O)CO2.CN1C(=O)COc2cc(Br)c(N)cc21.CN1C(=O)COc2ccc(N)cc21.CN1C(=O)COc2ccc([N+](=O)[O-])cc21.Nc1cc([N+](=O)[O-])ccc1O.O=C(Cl)CCl.O=C1COc2ccc([N+](=O)[O-])cc2N1. The number of non-ortho nitro benzene ring substituents is 3. The zero-order valence-electron chi connectivity index (χ0n) is 52.2. The number of nitro groups is 3. The Labute approximate surface area is 579 Å². The Bertz CT molecular complexity index is 3770. The van der Waals surface area contributed by atoms with Crippen molar-refractivity contribution in [2.24, 2.45) is 0 Å². The van der Waals surface area contributed by atoms with Gasteiger partial charge < -0.3 is 81.5 Å². The highest BCUT2D eigenvalue weighted by molar-refractivity contribution is 9.10. The minimum Gasteiger partial charge on any atom is -0.506 e. The number of nitrogens with two attached hydrogens (primary N) is 4. The lowest BCUT2D eigenvalue weighted by Gasteiger charge is -2.26. The van der Waals surface area contributed by atoms with Gasteiger partial charge in [0.25, 0.3) is 46.6 Å². The lowest BCUT2D eigenvalue weighted by molar-refractivity contribution is -0.385. The second-order valence-electron chi connectivity index (χ2n) is 19.7. The highest BCUT2D eigenvalue weighted by Gasteiger charge is 2.27. The Hall–Kier alpha value is -10.4. The number of hydrogen-bond acceptors (Lipinski definition) is 23. The molecule has 11 rings (SSSR count). The zero-order chi connectivity index (χ0) is 70.3. The van der Waals surface area contributed by atoms with E-state index >= 15 is 0 Å². The maximum atomic E-state index is 11.4. The zero-order valence-corrected chi connectivity index (χ0v) is 55.3. The number of aromatic hydroxyl groups is 1. The summed E-state index contributed by atoms with van der Waals surface area (Å²) in [5.74, 6) is 2.12. The Morgan fingerprint density at radius 2 is 0.907 bits per heavy atom. The van der Waals surface area contributed by atoms with Gasteiger partial charge in [-0.05, 0) is 120 Å². The molecule has 0 unspecified atom stereocenters. The van der Waals surface area contributed by atoms with Crippen LogP contribution < -0.4 is 71.5 Å². The van der Waals surface area contributed by atoms with E-state index in [2.05, 4.69) is 46.9 Å². The number of phenols is 1. The van der Waals surface area contributed by atoms with E-state index in [4.69, 9.17) is 74.9 Å². The van der Waals surface area contributed by atoms with E-state index in [1.54, 1.807) is 79.3 Å². The Kier molecular flexibility index (Phi) is 34.9. The van der Waals surface area contributed by atoms with Crippen molar-refractivity contribution < 1.29 is 72.3 Å². The molecule has 0 saturated carbocycles. The number of phenolic OH excluding ortho intramolecular Hbond substituents is 1. The Morgan fingerprint density at radius 1 is 0.536 bits per heavy atom. The van der Waals surface area contributed by atoms with E-state index in [0.717, 1.165) is 39.6 Å². The predicted octanol–water partition coefficient (Wildman–Crippen LogP) is 10.2. The molecule has 34 heteroatoms. The third-order valence-electron chi connectivity index (χ3n) is 13.6. The number of anilines is 9. The summed E-state index contributed by atoms with van der Waals surface area (Å²) in [6.07, 6.45) is 0.861. The fourth-order valence-electron chi connectivity index (χ4n) is 8.16. The predicted molar refractivity (Wildman–Crippen MR) is 380 cm³/mol. The van der Waals surface area contributed by atoms with Gasteiger partial charge in [0.15, 0.2) is 33.0 Å². The number of fused-ring (bicyclic) bond motifs is 5. The summed E-state index contributed by atoms with van der Waals surface area (Å²) < 4.78 is 26.8. The third kappa shape index (κ3) is 24.4. The van der Waals surface area contributed by atoms with Crippen LogP contribution in [0.15, 0.2) is 102 Å². The first kappa shape index (κ1) is 84.6. The molecule has 0 atom stereocenters. The molecule has 0 aliphatic carbocycles. The molecule has 0 radical (unpaired) electrons. The molecule has 0 aromatic heterocycles. The highest BCUT2D eigenvalue weighted by atomic mass is 79.9. The Balaban J connectivity index is 0.000000561. The van der Waals surface area contributed by atoms with Crippen molar-refractivity contribution in [3.8, 4) is 34.5 Å². The van der Waals surface area contributed by atoms with Crippen LogP contribution in [0, 0.1) is 30.3 Å². The molecule has 5 aliphatic rings. The van der Waals surface area contributed by atoms with Crippen LogP contribution in [0.4, 0.5) is 68.2 Å². The molecule has 6 aromatic rings. The van der Waals surface area contributed by atoms with Gasteiger partial charge in [-0.15, -0.1) is 11.6 Å². The standard InChI is InChI=1S/C11H14N2O2.C9H9BrN2O2.C9H8N2O4.C9H10N2O2.C8H6N2O4.C6H6N2O3.C6H15N.C2H2Cl2O.3CH4/c1-3-7-4-10-9(5-8(7)12)13(2)11(14)6-15-10;1-12-7-3-6(11)5(10)2-8(7)14-4-9(12)13;1-10-7-4-6(11(13)14)2-3-8(7)15-5-9(10)12;1-11-7-4-6(10)2-3-8(7)13-5-9(11)12;11-8-4-14-7-2-1-5(10(12)13)3-6(7)9-8;7-5-3-4(8(10)11)1-2-6(5)9;1-4-7(5-2)6-3;3-1-2(4)5;;;/h4-5H,3,6,12H2,1-2H3;2-3H,4,11H2,1H3;2-4H,5H2,1H3;2-4H,5,10H2,1H3;1-3H,4H2,(H,9,11);1-3,9H,7H2;4-6H2,1-3H3;1H2;3*1H4. The van der Waals surface area contributed by atoms with Gasteiger partial charge in [-0.1, -0.05) is 50.0 Å². The van der Waals surface area contributed by atoms with Gasteiger partial charge in [0.2, 0.25) is 5.24 Å². The molecular formula is C63H82BrCl2N13O18. The maximum absolute atomic E-state index is 11.4. The van der Waals surface area contributed by atoms with Gasteiger partial charge >= 0.3 is 0 Å². The molecule has 5 amide bonds. The second kappa shape index (κ2) is 40.1. The van der Waals surface area contributed by atoms with Crippen LogP contribution in [0.1, 0.15) is 55.5 Å².